The number of H-pyrrole nitrogens is 1. The number of fused-ring (bicyclic) bond motifs is 1. The molecule has 1 aliphatic heterocycles. The average Bonchev–Trinajstić information content (AvgIpc) is 2.81. The maximum atomic E-state index is 12.5. The maximum absolute atomic E-state index is 12.5. The lowest BCUT2D eigenvalue weighted by molar-refractivity contribution is 0.0630. The molecule has 0 spiro atoms. The number of nitrogens with zero attached hydrogens (tertiary/aromatic N) is 1. The van der Waals surface area contributed by atoms with E-state index in [9.17, 15) is 4.79 Å². The van der Waals surface area contributed by atoms with Crippen LogP contribution in [0.1, 0.15) is 36.7 Å². The lowest BCUT2D eigenvalue weighted by atomic mass is 10.0. The van der Waals surface area contributed by atoms with E-state index in [1.807, 2.05) is 29.2 Å². The number of carbonyl (C=O) groups is 1. The summed E-state index contributed by atoms with van der Waals surface area (Å²) in [7, 11) is 0. The highest BCUT2D eigenvalue weighted by molar-refractivity contribution is 6.31. The molecule has 1 aliphatic rings. The number of piperidine rings is 1. The van der Waals surface area contributed by atoms with Gasteiger partial charge in [-0.2, -0.15) is 0 Å². The van der Waals surface area contributed by atoms with Gasteiger partial charge in [-0.05, 0) is 50.5 Å². The first-order chi connectivity index (χ1) is 9.15. The molecule has 2 heterocycles. The first-order valence-electron chi connectivity index (χ1n) is 6.74. The second-order valence-corrected chi connectivity index (χ2v) is 5.69. The van der Waals surface area contributed by atoms with Crippen LogP contribution in [0.4, 0.5) is 0 Å². The van der Waals surface area contributed by atoms with Crippen molar-refractivity contribution in [3.05, 3.63) is 35.0 Å². The van der Waals surface area contributed by atoms with Gasteiger partial charge in [-0.15, -0.1) is 0 Å². The second kappa shape index (κ2) is 4.89. The van der Waals surface area contributed by atoms with Crippen molar-refractivity contribution in [1.29, 1.82) is 0 Å². The number of nitrogens with one attached hydrogen (secondary N) is 1. The van der Waals surface area contributed by atoms with E-state index in [4.69, 9.17) is 11.6 Å². The second-order valence-electron chi connectivity index (χ2n) is 5.26. The fourth-order valence-corrected chi connectivity index (χ4v) is 2.95. The molecule has 1 saturated heterocycles. The molecule has 0 saturated carbocycles. The standard InChI is InChI=1S/C15H17ClN2O/c1-10-4-2-3-7-18(10)15(19)14-9-11-8-12(16)5-6-13(11)17-14/h5-6,8-10,17H,2-4,7H2,1H3/t10-/m1/s1. The fraction of sp³-hybridized carbons (Fsp3) is 0.400. The van der Waals surface area contributed by atoms with Crippen LogP contribution in [0, 0.1) is 0 Å². The SMILES string of the molecule is C[C@@H]1CCCCN1C(=O)c1cc2cc(Cl)ccc2[nH]1. The molecule has 1 fully saturated rings. The van der Waals surface area contributed by atoms with Crippen molar-refractivity contribution in [3.8, 4) is 0 Å². The van der Waals surface area contributed by atoms with Crippen molar-refractivity contribution in [2.75, 3.05) is 6.54 Å². The Hall–Kier alpha value is -1.48. The van der Waals surface area contributed by atoms with Crippen molar-refractivity contribution in [1.82, 2.24) is 9.88 Å². The summed E-state index contributed by atoms with van der Waals surface area (Å²) in [5.74, 6) is 0.0968. The van der Waals surface area contributed by atoms with Gasteiger partial charge in [-0.25, -0.2) is 0 Å². The molecule has 2 aromatic rings. The van der Waals surface area contributed by atoms with Crippen molar-refractivity contribution < 1.29 is 4.79 Å². The van der Waals surface area contributed by atoms with Gasteiger partial charge in [-0.1, -0.05) is 11.6 Å². The zero-order valence-electron chi connectivity index (χ0n) is 10.9. The lowest BCUT2D eigenvalue weighted by Gasteiger charge is -2.33. The number of halogens is 1. The number of aromatic nitrogens is 1. The Morgan fingerprint density at radius 1 is 1.37 bits per heavy atom. The summed E-state index contributed by atoms with van der Waals surface area (Å²) in [6.45, 7) is 2.98. The number of carbonyl (C=O) groups excluding carboxylic acids is 1. The third-order valence-electron chi connectivity index (χ3n) is 3.88. The maximum Gasteiger partial charge on any atom is 0.270 e. The van der Waals surface area contributed by atoms with Crippen LogP contribution in [0.5, 0.6) is 0 Å². The Balaban J connectivity index is 1.92. The first-order valence-corrected chi connectivity index (χ1v) is 7.12. The van der Waals surface area contributed by atoms with Gasteiger partial charge in [0.1, 0.15) is 5.69 Å². The summed E-state index contributed by atoms with van der Waals surface area (Å²) in [5, 5.41) is 1.68. The van der Waals surface area contributed by atoms with Crippen LogP contribution in [0.25, 0.3) is 10.9 Å². The number of hydrogen-bond donors (Lipinski definition) is 1. The molecular weight excluding hydrogens is 260 g/mol. The molecular formula is C15H17ClN2O. The van der Waals surface area contributed by atoms with E-state index in [0.717, 1.165) is 30.3 Å². The van der Waals surface area contributed by atoms with Crippen LogP contribution in [0.2, 0.25) is 5.02 Å². The lowest BCUT2D eigenvalue weighted by Crippen LogP contribution is -2.42. The highest BCUT2D eigenvalue weighted by Crippen LogP contribution is 2.23. The Bertz CT molecular complexity index is 620. The molecule has 3 nitrogen and oxygen atoms in total. The average molecular weight is 277 g/mol. The van der Waals surface area contributed by atoms with Gasteiger partial charge in [-0.3, -0.25) is 4.79 Å². The predicted molar refractivity (Wildman–Crippen MR) is 77.7 cm³/mol. The molecule has 100 valence electrons. The van der Waals surface area contributed by atoms with Crippen LogP contribution in [0.3, 0.4) is 0 Å². The van der Waals surface area contributed by atoms with E-state index in [0.29, 0.717) is 16.8 Å². The van der Waals surface area contributed by atoms with Crippen LogP contribution in [-0.2, 0) is 0 Å². The Kier molecular flexibility index (Phi) is 3.23. The van der Waals surface area contributed by atoms with E-state index in [2.05, 4.69) is 11.9 Å². The number of aromatic amines is 1. The van der Waals surface area contributed by atoms with Crippen LogP contribution < -0.4 is 0 Å². The zero-order valence-corrected chi connectivity index (χ0v) is 11.7. The molecule has 1 atom stereocenters. The molecule has 1 aromatic heterocycles. The number of benzene rings is 1. The van der Waals surface area contributed by atoms with E-state index < -0.39 is 0 Å². The minimum absolute atomic E-state index is 0.0968. The summed E-state index contributed by atoms with van der Waals surface area (Å²) < 4.78 is 0. The molecule has 1 aromatic carbocycles. The topological polar surface area (TPSA) is 36.1 Å². The Morgan fingerprint density at radius 2 is 2.21 bits per heavy atom. The van der Waals surface area contributed by atoms with E-state index in [-0.39, 0.29) is 5.91 Å². The monoisotopic (exact) mass is 276 g/mol. The third kappa shape index (κ3) is 2.35. The quantitative estimate of drug-likeness (QED) is 0.844. The van der Waals surface area contributed by atoms with Crippen molar-refractivity contribution in [3.63, 3.8) is 0 Å². The molecule has 0 aliphatic carbocycles. The largest absolute Gasteiger partial charge is 0.351 e. The summed E-state index contributed by atoms with van der Waals surface area (Å²) in [5.41, 5.74) is 1.61. The minimum atomic E-state index is 0.0968. The molecule has 19 heavy (non-hydrogen) atoms. The number of amides is 1. The van der Waals surface area contributed by atoms with Crippen molar-refractivity contribution >= 4 is 28.4 Å². The summed E-state index contributed by atoms with van der Waals surface area (Å²) in [6, 6.07) is 7.84. The van der Waals surface area contributed by atoms with Gasteiger partial charge in [0.2, 0.25) is 0 Å². The predicted octanol–water partition coefficient (Wildman–Crippen LogP) is 3.84. The first kappa shape index (κ1) is 12.5. The number of rotatable bonds is 1. The molecule has 0 radical (unpaired) electrons. The molecule has 1 amide bonds. The van der Waals surface area contributed by atoms with Crippen molar-refractivity contribution in [2.45, 2.75) is 32.2 Å². The summed E-state index contributed by atoms with van der Waals surface area (Å²) in [4.78, 5) is 17.7. The van der Waals surface area contributed by atoms with Crippen LogP contribution >= 0.6 is 11.6 Å². The minimum Gasteiger partial charge on any atom is -0.351 e. The molecule has 3 rings (SSSR count). The highest BCUT2D eigenvalue weighted by Gasteiger charge is 2.25. The van der Waals surface area contributed by atoms with Crippen LogP contribution in [0.15, 0.2) is 24.3 Å². The van der Waals surface area contributed by atoms with Crippen molar-refractivity contribution in [2.24, 2.45) is 0 Å². The zero-order chi connectivity index (χ0) is 13.4. The highest BCUT2D eigenvalue weighted by atomic mass is 35.5. The van der Waals surface area contributed by atoms with Gasteiger partial charge in [0, 0.05) is 28.5 Å². The molecule has 0 unspecified atom stereocenters. The molecule has 0 bridgehead atoms. The van der Waals surface area contributed by atoms with Gasteiger partial charge in [0.15, 0.2) is 0 Å². The van der Waals surface area contributed by atoms with E-state index >= 15 is 0 Å². The van der Waals surface area contributed by atoms with E-state index in [1.54, 1.807) is 0 Å². The van der Waals surface area contributed by atoms with Gasteiger partial charge < -0.3 is 9.88 Å². The fourth-order valence-electron chi connectivity index (χ4n) is 2.77. The van der Waals surface area contributed by atoms with E-state index in [1.165, 1.54) is 6.42 Å². The van der Waals surface area contributed by atoms with Gasteiger partial charge >= 0.3 is 0 Å². The molecule has 1 N–H and O–H groups in total. The third-order valence-corrected chi connectivity index (χ3v) is 4.11. The number of hydrogen-bond acceptors (Lipinski definition) is 1. The summed E-state index contributed by atoms with van der Waals surface area (Å²) >= 11 is 5.97. The number of likely N-dealkylation sites (tertiary alicyclic amines) is 1. The van der Waals surface area contributed by atoms with Gasteiger partial charge in [0.05, 0.1) is 0 Å². The Labute approximate surface area is 117 Å². The molecule has 4 heteroatoms. The smallest absolute Gasteiger partial charge is 0.270 e. The normalized spacial score (nSPS) is 19.9. The Morgan fingerprint density at radius 3 is 3.00 bits per heavy atom. The summed E-state index contributed by atoms with van der Waals surface area (Å²) in [6.07, 6.45) is 3.41. The van der Waals surface area contributed by atoms with Gasteiger partial charge in [0.25, 0.3) is 5.91 Å². The van der Waals surface area contributed by atoms with Crippen LogP contribution in [-0.4, -0.2) is 28.4 Å².